The molecule has 0 spiro atoms. The van der Waals surface area contributed by atoms with E-state index in [1.165, 1.54) is 0 Å². The Balaban J connectivity index is 2.42. The van der Waals surface area contributed by atoms with E-state index in [9.17, 15) is 9.59 Å². The van der Waals surface area contributed by atoms with Gasteiger partial charge in [0, 0.05) is 38.1 Å². The van der Waals surface area contributed by atoms with E-state index in [1.54, 1.807) is 4.90 Å². The first-order valence-corrected chi connectivity index (χ1v) is 6.06. The number of likely N-dealkylation sites (tertiary alicyclic amines) is 1. The van der Waals surface area contributed by atoms with Crippen molar-refractivity contribution in [3.8, 4) is 0 Å². The third-order valence-corrected chi connectivity index (χ3v) is 3.14. The van der Waals surface area contributed by atoms with Gasteiger partial charge in [-0.15, -0.1) is 0 Å². The van der Waals surface area contributed by atoms with Crippen LogP contribution in [0, 0.1) is 11.3 Å². The number of nitrogens with one attached hydrogen (secondary N) is 1. The summed E-state index contributed by atoms with van der Waals surface area (Å²) < 4.78 is 0. The highest BCUT2D eigenvalue weighted by Crippen LogP contribution is 2.18. The summed E-state index contributed by atoms with van der Waals surface area (Å²) in [4.78, 5) is 25.0. The van der Waals surface area contributed by atoms with Crippen LogP contribution in [-0.4, -0.2) is 48.1 Å². The van der Waals surface area contributed by atoms with Crippen LogP contribution < -0.4 is 5.32 Å². The van der Waals surface area contributed by atoms with E-state index < -0.39 is 0 Å². The fraction of sp³-hybridized carbons (Fsp3) is 0.833. The molecule has 5 heteroatoms. The Morgan fingerprint density at radius 2 is 2.24 bits per heavy atom. The van der Waals surface area contributed by atoms with Gasteiger partial charge in [-0.25, -0.2) is 0 Å². The van der Waals surface area contributed by atoms with Crippen molar-refractivity contribution in [3.05, 3.63) is 0 Å². The molecule has 2 N–H and O–H groups in total. The molecule has 0 aliphatic carbocycles. The molecule has 2 amide bonds. The zero-order chi connectivity index (χ0) is 13.1. The van der Waals surface area contributed by atoms with Gasteiger partial charge in [-0.2, -0.15) is 0 Å². The van der Waals surface area contributed by atoms with Gasteiger partial charge in [-0.3, -0.25) is 9.59 Å². The topological polar surface area (TPSA) is 69.6 Å². The summed E-state index contributed by atoms with van der Waals surface area (Å²) in [6.07, 6.45) is 0.305. The van der Waals surface area contributed by atoms with Gasteiger partial charge in [-0.05, 0) is 6.92 Å². The van der Waals surface area contributed by atoms with Gasteiger partial charge in [0.15, 0.2) is 0 Å². The second-order valence-corrected chi connectivity index (χ2v) is 5.37. The highest BCUT2D eigenvalue weighted by Gasteiger charge is 2.33. The molecule has 1 unspecified atom stereocenters. The average molecular weight is 242 g/mol. The molecule has 1 fully saturated rings. The third-order valence-electron chi connectivity index (χ3n) is 3.14. The fourth-order valence-corrected chi connectivity index (χ4v) is 1.78. The van der Waals surface area contributed by atoms with Crippen molar-refractivity contribution in [3.63, 3.8) is 0 Å². The first-order chi connectivity index (χ1) is 7.89. The maximum Gasteiger partial charge on any atom is 0.225 e. The molecule has 0 aromatic heterocycles. The summed E-state index contributed by atoms with van der Waals surface area (Å²) in [5, 5.41) is 11.9. The second-order valence-electron chi connectivity index (χ2n) is 5.37. The maximum atomic E-state index is 11.8. The number of rotatable bonds is 5. The summed E-state index contributed by atoms with van der Waals surface area (Å²) in [7, 11) is 0. The summed E-state index contributed by atoms with van der Waals surface area (Å²) >= 11 is 0. The highest BCUT2D eigenvalue weighted by atomic mass is 16.3. The predicted octanol–water partition coefficient (Wildman–Crippen LogP) is -0.0105. The number of hydrogen-bond donors (Lipinski definition) is 2. The van der Waals surface area contributed by atoms with Crippen LogP contribution >= 0.6 is 0 Å². The number of amides is 2. The molecule has 0 radical (unpaired) electrons. The Morgan fingerprint density at radius 3 is 2.71 bits per heavy atom. The molecule has 17 heavy (non-hydrogen) atoms. The van der Waals surface area contributed by atoms with Crippen LogP contribution in [0.5, 0.6) is 0 Å². The van der Waals surface area contributed by atoms with E-state index in [4.69, 9.17) is 5.11 Å². The Kier molecular flexibility index (Phi) is 4.51. The van der Waals surface area contributed by atoms with E-state index in [0.29, 0.717) is 26.1 Å². The smallest absolute Gasteiger partial charge is 0.225 e. The molecule has 1 aliphatic heterocycles. The fourth-order valence-electron chi connectivity index (χ4n) is 1.78. The SMILES string of the molecule is CCN1CC(C(=O)NCC(C)(C)CO)CC1=O. The predicted molar refractivity (Wildman–Crippen MR) is 64.2 cm³/mol. The van der Waals surface area contributed by atoms with Gasteiger partial charge in [0.05, 0.1) is 5.92 Å². The van der Waals surface area contributed by atoms with Gasteiger partial charge in [0.25, 0.3) is 0 Å². The molecule has 1 heterocycles. The molecule has 1 saturated heterocycles. The minimum Gasteiger partial charge on any atom is -0.396 e. The molecule has 0 bridgehead atoms. The minimum absolute atomic E-state index is 0.0258. The van der Waals surface area contributed by atoms with Crippen LogP contribution in [-0.2, 0) is 9.59 Å². The first kappa shape index (κ1) is 14.0. The van der Waals surface area contributed by atoms with Crippen molar-refractivity contribution in [1.29, 1.82) is 0 Å². The van der Waals surface area contributed by atoms with Gasteiger partial charge in [0.2, 0.25) is 11.8 Å². The van der Waals surface area contributed by atoms with E-state index in [0.717, 1.165) is 0 Å². The monoisotopic (exact) mass is 242 g/mol. The lowest BCUT2D eigenvalue weighted by molar-refractivity contribution is -0.129. The summed E-state index contributed by atoms with van der Waals surface area (Å²) in [5.41, 5.74) is -0.317. The number of nitrogens with zero attached hydrogens (tertiary/aromatic N) is 1. The number of hydrogen-bond acceptors (Lipinski definition) is 3. The largest absolute Gasteiger partial charge is 0.396 e. The van der Waals surface area contributed by atoms with E-state index in [-0.39, 0.29) is 29.8 Å². The summed E-state index contributed by atoms with van der Waals surface area (Å²) in [6.45, 7) is 7.30. The van der Waals surface area contributed by atoms with E-state index >= 15 is 0 Å². The van der Waals surface area contributed by atoms with Gasteiger partial charge < -0.3 is 15.3 Å². The molecular weight excluding hydrogens is 220 g/mol. The Hall–Kier alpha value is -1.10. The molecular formula is C12H22N2O3. The first-order valence-electron chi connectivity index (χ1n) is 6.06. The van der Waals surface area contributed by atoms with Crippen LogP contribution in [0.15, 0.2) is 0 Å². The van der Waals surface area contributed by atoms with Crippen LogP contribution in [0.3, 0.4) is 0 Å². The van der Waals surface area contributed by atoms with Crippen LogP contribution in [0.4, 0.5) is 0 Å². The lowest BCUT2D eigenvalue weighted by Crippen LogP contribution is -2.40. The van der Waals surface area contributed by atoms with Crippen molar-refractivity contribution in [2.45, 2.75) is 27.2 Å². The zero-order valence-corrected chi connectivity index (χ0v) is 10.8. The number of aliphatic hydroxyl groups is 1. The summed E-state index contributed by atoms with van der Waals surface area (Å²) in [5.74, 6) is -0.276. The van der Waals surface area contributed by atoms with Crippen LogP contribution in [0.25, 0.3) is 0 Å². The molecule has 0 saturated carbocycles. The van der Waals surface area contributed by atoms with E-state index in [1.807, 2.05) is 20.8 Å². The van der Waals surface area contributed by atoms with Crippen molar-refractivity contribution in [2.75, 3.05) is 26.2 Å². The van der Waals surface area contributed by atoms with Crippen molar-refractivity contribution in [2.24, 2.45) is 11.3 Å². The third kappa shape index (κ3) is 3.70. The van der Waals surface area contributed by atoms with Gasteiger partial charge in [0.1, 0.15) is 0 Å². The Bertz CT molecular complexity index is 302. The number of carbonyl (C=O) groups excluding carboxylic acids is 2. The van der Waals surface area contributed by atoms with Crippen molar-refractivity contribution < 1.29 is 14.7 Å². The van der Waals surface area contributed by atoms with E-state index in [2.05, 4.69) is 5.32 Å². The van der Waals surface area contributed by atoms with Crippen LogP contribution in [0.2, 0.25) is 0 Å². The van der Waals surface area contributed by atoms with Crippen LogP contribution in [0.1, 0.15) is 27.2 Å². The lowest BCUT2D eigenvalue weighted by Gasteiger charge is -2.23. The standard InChI is InChI=1S/C12H22N2O3/c1-4-14-6-9(5-10(14)16)11(17)13-7-12(2,3)8-15/h9,15H,4-8H2,1-3H3,(H,13,17). The Morgan fingerprint density at radius 1 is 1.59 bits per heavy atom. The summed E-state index contributed by atoms with van der Waals surface area (Å²) in [6, 6.07) is 0. The van der Waals surface area contributed by atoms with Gasteiger partial charge in [-0.1, -0.05) is 13.8 Å². The molecule has 5 nitrogen and oxygen atoms in total. The number of aliphatic hydroxyl groups excluding tert-OH is 1. The van der Waals surface area contributed by atoms with Crippen molar-refractivity contribution in [1.82, 2.24) is 10.2 Å². The average Bonchev–Trinajstić information content (AvgIpc) is 2.67. The second kappa shape index (κ2) is 5.49. The van der Waals surface area contributed by atoms with Crippen molar-refractivity contribution >= 4 is 11.8 Å². The quantitative estimate of drug-likeness (QED) is 0.712. The van der Waals surface area contributed by atoms with Gasteiger partial charge >= 0.3 is 0 Å². The zero-order valence-electron chi connectivity index (χ0n) is 10.8. The highest BCUT2D eigenvalue weighted by molar-refractivity contribution is 5.89. The minimum atomic E-state index is -0.317. The lowest BCUT2D eigenvalue weighted by atomic mass is 9.94. The molecule has 1 aliphatic rings. The molecule has 1 atom stereocenters. The normalized spacial score (nSPS) is 20.8. The number of carbonyl (C=O) groups is 2. The molecule has 0 aromatic carbocycles. The molecule has 1 rings (SSSR count). The maximum absolute atomic E-state index is 11.8. The molecule has 0 aromatic rings. The Labute approximate surface area is 102 Å². The molecule has 98 valence electrons.